The molecule has 0 spiro atoms. The third kappa shape index (κ3) is 5.24. The van der Waals surface area contributed by atoms with Gasteiger partial charge < -0.3 is 23.5 Å². The average Bonchev–Trinajstić information content (AvgIpc) is 3.09. The fourth-order valence-corrected chi connectivity index (χ4v) is 4.14. The maximum Gasteiger partial charge on any atom is 0.326 e. The maximum atomic E-state index is 12.8. The molecule has 0 fully saturated rings. The summed E-state index contributed by atoms with van der Waals surface area (Å²) in [6, 6.07) is 10.7. The van der Waals surface area contributed by atoms with E-state index in [1.54, 1.807) is 50.0 Å². The molecule has 0 aliphatic rings. The van der Waals surface area contributed by atoms with Crippen LogP contribution in [0, 0.1) is 0 Å². The average molecular weight is 445 g/mol. The van der Waals surface area contributed by atoms with Crippen LogP contribution in [0.2, 0.25) is 0 Å². The molecule has 0 aliphatic carbocycles. The Balaban J connectivity index is 1.99. The Labute approximate surface area is 183 Å². The number of benzene rings is 2. The number of thiazole rings is 1. The van der Waals surface area contributed by atoms with Gasteiger partial charge in [-0.2, -0.15) is 4.99 Å². The molecule has 3 aromatic rings. The number of hydrogen-bond acceptors (Lipinski definition) is 7. The van der Waals surface area contributed by atoms with Gasteiger partial charge in [-0.1, -0.05) is 17.4 Å². The zero-order valence-electron chi connectivity index (χ0n) is 17.8. The number of aromatic nitrogens is 1. The smallest absolute Gasteiger partial charge is 0.326 e. The summed E-state index contributed by atoms with van der Waals surface area (Å²) in [6.45, 7) is 1.98. The summed E-state index contributed by atoms with van der Waals surface area (Å²) in [7, 11) is 4.68. The molecule has 9 heteroatoms. The van der Waals surface area contributed by atoms with Gasteiger partial charge in [-0.3, -0.25) is 9.59 Å². The Morgan fingerprint density at radius 3 is 2.39 bits per heavy atom. The highest BCUT2D eigenvalue weighted by Gasteiger charge is 2.14. The Morgan fingerprint density at radius 2 is 1.71 bits per heavy atom. The minimum absolute atomic E-state index is 0.0435. The van der Waals surface area contributed by atoms with E-state index in [1.807, 2.05) is 12.1 Å². The number of amides is 1. The van der Waals surface area contributed by atoms with E-state index in [9.17, 15) is 9.59 Å². The van der Waals surface area contributed by atoms with Gasteiger partial charge in [0.05, 0.1) is 44.6 Å². The second-order valence-corrected chi connectivity index (χ2v) is 7.48. The molecule has 8 nitrogen and oxygen atoms in total. The SMILES string of the molecule is CCOC(=O)Cn1c(=NC(=O)Cc2ccc(OC)cc2OC)sc2cc(OC)ccc21. The highest BCUT2D eigenvalue weighted by molar-refractivity contribution is 7.16. The quantitative estimate of drug-likeness (QED) is 0.497. The van der Waals surface area contributed by atoms with Crippen molar-refractivity contribution >= 4 is 33.4 Å². The molecule has 0 saturated heterocycles. The lowest BCUT2D eigenvalue weighted by atomic mass is 10.1. The van der Waals surface area contributed by atoms with E-state index >= 15 is 0 Å². The van der Waals surface area contributed by atoms with E-state index in [-0.39, 0.29) is 25.5 Å². The van der Waals surface area contributed by atoms with Crippen molar-refractivity contribution in [1.29, 1.82) is 0 Å². The highest BCUT2D eigenvalue weighted by Crippen LogP contribution is 2.26. The van der Waals surface area contributed by atoms with Crippen molar-refractivity contribution < 1.29 is 28.5 Å². The lowest BCUT2D eigenvalue weighted by Crippen LogP contribution is -2.23. The summed E-state index contributed by atoms with van der Waals surface area (Å²) in [5.41, 5.74) is 1.46. The molecule has 3 rings (SSSR count). The monoisotopic (exact) mass is 444 g/mol. The zero-order chi connectivity index (χ0) is 22.4. The fourth-order valence-electron chi connectivity index (χ4n) is 3.06. The van der Waals surface area contributed by atoms with Crippen LogP contribution in [0.15, 0.2) is 41.4 Å². The van der Waals surface area contributed by atoms with Crippen LogP contribution in [-0.4, -0.2) is 44.4 Å². The van der Waals surface area contributed by atoms with Gasteiger partial charge in [-0.15, -0.1) is 0 Å². The van der Waals surface area contributed by atoms with Gasteiger partial charge in [-0.25, -0.2) is 0 Å². The van der Waals surface area contributed by atoms with E-state index in [4.69, 9.17) is 18.9 Å². The van der Waals surface area contributed by atoms with Crippen molar-refractivity contribution in [3.8, 4) is 17.2 Å². The normalized spacial score (nSPS) is 11.4. The van der Waals surface area contributed by atoms with Crippen molar-refractivity contribution in [3.63, 3.8) is 0 Å². The molecule has 0 bridgehead atoms. The second-order valence-electron chi connectivity index (χ2n) is 6.47. The number of ether oxygens (including phenoxy) is 4. The number of methoxy groups -OCH3 is 3. The molecule has 1 aromatic heterocycles. The van der Waals surface area contributed by atoms with Crippen LogP contribution in [-0.2, 0) is 27.3 Å². The van der Waals surface area contributed by atoms with Gasteiger partial charge in [0.2, 0.25) is 0 Å². The van der Waals surface area contributed by atoms with Gasteiger partial charge in [0.15, 0.2) is 4.80 Å². The predicted molar refractivity (Wildman–Crippen MR) is 117 cm³/mol. The molecule has 0 radical (unpaired) electrons. The lowest BCUT2D eigenvalue weighted by molar-refractivity contribution is -0.143. The molecule has 1 heterocycles. The van der Waals surface area contributed by atoms with Crippen LogP contribution in [0.25, 0.3) is 10.2 Å². The Kier molecular flexibility index (Phi) is 7.30. The fraction of sp³-hybridized carbons (Fsp3) is 0.318. The summed E-state index contributed by atoms with van der Waals surface area (Å²) < 4.78 is 23.4. The number of carbonyl (C=O) groups is 2. The standard InChI is InChI=1S/C22H24N2O6S/c1-5-30-21(26)13-24-17-9-8-16(28-3)12-19(17)31-22(24)23-20(25)10-14-6-7-15(27-2)11-18(14)29-4/h6-9,11-12H,5,10,13H2,1-4H3. The second kappa shape index (κ2) is 10.1. The van der Waals surface area contributed by atoms with E-state index in [0.29, 0.717) is 27.6 Å². The van der Waals surface area contributed by atoms with Crippen molar-refractivity contribution in [1.82, 2.24) is 4.57 Å². The summed E-state index contributed by atoms with van der Waals surface area (Å²) in [5, 5.41) is 0. The highest BCUT2D eigenvalue weighted by atomic mass is 32.1. The molecule has 2 aromatic carbocycles. The van der Waals surface area contributed by atoms with Gasteiger partial charge in [0.1, 0.15) is 23.8 Å². The van der Waals surface area contributed by atoms with Gasteiger partial charge in [0.25, 0.3) is 5.91 Å². The van der Waals surface area contributed by atoms with Crippen molar-refractivity contribution in [2.75, 3.05) is 27.9 Å². The Bertz CT molecular complexity index is 1160. The molecule has 0 N–H and O–H groups in total. The number of carbonyl (C=O) groups excluding carboxylic acids is 2. The number of nitrogens with zero attached hydrogens (tertiary/aromatic N) is 2. The third-order valence-electron chi connectivity index (χ3n) is 4.54. The molecular weight excluding hydrogens is 420 g/mol. The van der Waals surface area contributed by atoms with E-state index < -0.39 is 5.97 Å². The molecule has 0 aliphatic heterocycles. The zero-order valence-corrected chi connectivity index (χ0v) is 18.7. The summed E-state index contributed by atoms with van der Waals surface area (Å²) >= 11 is 1.30. The third-order valence-corrected chi connectivity index (χ3v) is 5.58. The number of rotatable bonds is 8. The number of esters is 1. The first-order valence-electron chi connectivity index (χ1n) is 9.60. The Morgan fingerprint density at radius 1 is 1.00 bits per heavy atom. The minimum Gasteiger partial charge on any atom is -0.497 e. The molecule has 31 heavy (non-hydrogen) atoms. The largest absolute Gasteiger partial charge is 0.497 e. The van der Waals surface area contributed by atoms with Crippen molar-refractivity contribution in [2.24, 2.45) is 4.99 Å². The maximum absolute atomic E-state index is 12.8. The molecular formula is C22H24N2O6S. The van der Waals surface area contributed by atoms with Crippen molar-refractivity contribution in [2.45, 2.75) is 19.9 Å². The number of fused-ring (bicyclic) bond motifs is 1. The summed E-state index contributed by atoms with van der Waals surface area (Å²) in [6.07, 6.45) is 0.0458. The van der Waals surface area contributed by atoms with Crippen LogP contribution < -0.4 is 19.0 Å². The van der Waals surface area contributed by atoms with E-state index in [2.05, 4.69) is 4.99 Å². The molecule has 0 saturated carbocycles. The lowest BCUT2D eigenvalue weighted by Gasteiger charge is -2.09. The van der Waals surface area contributed by atoms with Crippen LogP contribution in [0.5, 0.6) is 17.2 Å². The van der Waals surface area contributed by atoms with Crippen molar-refractivity contribution in [3.05, 3.63) is 46.8 Å². The molecule has 0 unspecified atom stereocenters. The first-order chi connectivity index (χ1) is 15.0. The van der Waals surface area contributed by atoms with Gasteiger partial charge in [-0.05, 0) is 31.2 Å². The molecule has 1 amide bonds. The van der Waals surface area contributed by atoms with E-state index in [1.165, 1.54) is 18.4 Å². The van der Waals surface area contributed by atoms with Crippen LogP contribution in [0.4, 0.5) is 0 Å². The molecule has 164 valence electrons. The van der Waals surface area contributed by atoms with E-state index in [0.717, 1.165) is 10.2 Å². The Hall–Kier alpha value is -3.33. The van der Waals surface area contributed by atoms with Crippen LogP contribution >= 0.6 is 11.3 Å². The molecule has 0 atom stereocenters. The summed E-state index contributed by atoms with van der Waals surface area (Å²) in [5.74, 6) is 1.10. The first kappa shape index (κ1) is 22.4. The minimum atomic E-state index is -0.399. The summed E-state index contributed by atoms with van der Waals surface area (Å²) in [4.78, 5) is 29.6. The van der Waals surface area contributed by atoms with Gasteiger partial charge >= 0.3 is 5.97 Å². The number of hydrogen-bond donors (Lipinski definition) is 0. The first-order valence-corrected chi connectivity index (χ1v) is 10.4. The van der Waals surface area contributed by atoms with Gasteiger partial charge in [0, 0.05) is 11.6 Å². The van der Waals surface area contributed by atoms with Crippen LogP contribution in [0.1, 0.15) is 12.5 Å². The topological polar surface area (TPSA) is 88.4 Å². The van der Waals surface area contributed by atoms with Crippen LogP contribution in [0.3, 0.4) is 0 Å². The predicted octanol–water partition coefficient (Wildman–Crippen LogP) is 2.96.